The van der Waals surface area contributed by atoms with Gasteiger partial charge in [0.25, 0.3) is 5.91 Å². The Bertz CT molecular complexity index is 1060. The van der Waals surface area contributed by atoms with E-state index in [9.17, 15) is 9.59 Å². The lowest BCUT2D eigenvalue weighted by molar-refractivity contribution is 0.0831. The first-order valence-electron chi connectivity index (χ1n) is 8.22. The molecule has 0 fully saturated rings. The zero-order valence-electron chi connectivity index (χ0n) is 14.3. The molecule has 7 nitrogen and oxygen atoms in total. The van der Waals surface area contributed by atoms with Gasteiger partial charge in [0, 0.05) is 21.5 Å². The van der Waals surface area contributed by atoms with Crippen molar-refractivity contribution in [2.24, 2.45) is 0 Å². The number of halogens is 1. The van der Waals surface area contributed by atoms with E-state index >= 15 is 0 Å². The third kappa shape index (κ3) is 3.29. The predicted molar refractivity (Wildman–Crippen MR) is 98.3 cm³/mol. The Kier molecular flexibility index (Phi) is 4.37. The van der Waals surface area contributed by atoms with E-state index in [0.717, 1.165) is 5.39 Å². The maximum atomic E-state index is 12.4. The minimum atomic E-state index is -0.564. The van der Waals surface area contributed by atoms with Gasteiger partial charge < -0.3 is 13.9 Å². The van der Waals surface area contributed by atoms with Crippen LogP contribution in [0.25, 0.3) is 11.0 Å². The van der Waals surface area contributed by atoms with Crippen LogP contribution in [0.1, 0.15) is 26.5 Å². The molecule has 27 heavy (non-hydrogen) atoms. The fourth-order valence-corrected chi connectivity index (χ4v) is 3.01. The minimum absolute atomic E-state index is 0.106. The summed E-state index contributed by atoms with van der Waals surface area (Å²) < 4.78 is 16.4. The van der Waals surface area contributed by atoms with Crippen molar-refractivity contribution < 1.29 is 23.5 Å². The average molecular weight is 387 g/mol. The lowest BCUT2D eigenvalue weighted by atomic mass is 10.1. The maximum absolute atomic E-state index is 12.4. The lowest BCUT2D eigenvalue weighted by Crippen LogP contribution is -2.41. The first-order chi connectivity index (χ1) is 13.0. The number of ether oxygens (including phenoxy) is 2. The zero-order valence-corrected chi connectivity index (χ0v) is 15.1. The van der Waals surface area contributed by atoms with Crippen molar-refractivity contribution in [1.29, 1.82) is 0 Å². The summed E-state index contributed by atoms with van der Waals surface area (Å²) in [5.74, 6) is 0.126. The highest BCUT2D eigenvalue weighted by molar-refractivity contribution is 6.31. The Morgan fingerprint density at radius 2 is 1.70 bits per heavy atom. The summed E-state index contributed by atoms with van der Waals surface area (Å²) in [6.07, 6.45) is 0. The van der Waals surface area contributed by atoms with Crippen LogP contribution in [0.4, 0.5) is 0 Å². The predicted octanol–water partition coefficient (Wildman–Crippen LogP) is 3.24. The maximum Gasteiger partial charge on any atom is 0.305 e. The fourth-order valence-electron chi connectivity index (χ4n) is 2.84. The summed E-state index contributed by atoms with van der Waals surface area (Å²) in [4.78, 5) is 24.7. The summed E-state index contributed by atoms with van der Waals surface area (Å²) in [6.45, 7) is 2.64. The van der Waals surface area contributed by atoms with Gasteiger partial charge in [-0.05, 0) is 43.3 Å². The number of benzene rings is 2. The number of rotatable bonds is 2. The monoisotopic (exact) mass is 386 g/mol. The van der Waals surface area contributed by atoms with Crippen molar-refractivity contribution in [3.63, 3.8) is 0 Å². The number of hydrazine groups is 1. The van der Waals surface area contributed by atoms with E-state index in [1.807, 2.05) is 0 Å². The van der Waals surface area contributed by atoms with E-state index in [0.29, 0.717) is 46.4 Å². The molecule has 0 spiro atoms. The van der Waals surface area contributed by atoms with Crippen LogP contribution < -0.4 is 20.3 Å². The Labute approximate surface area is 159 Å². The van der Waals surface area contributed by atoms with Crippen molar-refractivity contribution in [3.05, 3.63) is 58.3 Å². The molecule has 0 radical (unpaired) electrons. The lowest BCUT2D eigenvalue weighted by Gasteiger charge is -2.18. The van der Waals surface area contributed by atoms with Gasteiger partial charge in [-0.25, -0.2) is 0 Å². The van der Waals surface area contributed by atoms with Gasteiger partial charge in [0.2, 0.25) is 0 Å². The van der Waals surface area contributed by atoms with Crippen molar-refractivity contribution in [2.75, 3.05) is 13.2 Å². The van der Waals surface area contributed by atoms with Gasteiger partial charge in [-0.1, -0.05) is 11.6 Å². The Balaban J connectivity index is 1.48. The number of hydrogen-bond donors (Lipinski definition) is 2. The van der Waals surface area contributed by atoms with Gasteiger partial charge in [-0.15, -0.1) is 0 Å². The number of nitrogens with one attached hydrogen (secondary N) is 2. The fraction of sp³-hybridized carbons (Fsp3) is 0.158. The van der Waals surface area contributed by atoms with Crippen molar-refractivity contribution >= 4 is 34.4 Å². The highest BCUT2D eigenvalue weighted by Gasteiger charge is 2.19. The van der Waals surface area contributed by atoms with Crippen molar-refractivity contribution in [2.45, 2.75) is 6.92 Å². The van der Waals surface area contributed by atoms with Gasteiger partial charge >= 0.3 is 5.91 Å². The Morgan fingerprint density at radius 3 is 2.52 bits per heavy atom. The molecule has 2 amide bonds. The molecule has 2 heterocycles. The summed E-state index contributed by atoms with van der Waals surface area (Å²) in [6, 6.07) is 9.89. The highest BCUT2D eigenvalue weighted by atomic mass is 35.5. The molecule has 0 bridgehead atoms. The van der Waals surface area contributed by atoms with Crippen LogP contribution in [0, 0.1) is 6.92 Å². The number of carbonyl (C=O) groups is 2. The van der Waals surface area contributed by atoms with Crippen LogP contribution in [-0.4, -0.2) is 25.0 Å². The molecule has 0 unspecified atom stereocenters. The second kappa shape index (κ2) is 6.85. The molecular formula is C19H15ClN2O5. The first-order valence-corrected chi connectivity index (χ1v) is 8.60. The number of aryl methyl sites for hydroxylation is 1. The van der Waals surface area contributed by atoms with Crippen molar-refractivity contribution in [3.8, 4) is 11.5 Å². The van der Waals surface area contributed by atoms with E-state index in [1.165, 1.54) is 0 Å². The largest absolute Gasteiger partial charge is 0.486 e. The van der Waals surface area contributed by atoms with Crippen molar-refractivity contribution in [1.82, 2.24) is 10.9 Å². The quantitative estimate of drug-likeness (QED) is 0.660. The molecule has 8 heteroatoms. The molecule has 1 aliphatic heterocycles. The molecule has 2 aromatic carbocycles. The van der Waals surface area contributed by atoms with E-state index < -0.39 is 11.8 Å². The molecule has 0 saturated carbocycles. The normalized spacial score (nSPS) is 12.7. The Morgan fingerprint density at radius 1 is 0.963 bits per heavy atom. The van der Waals surface area contributed by atoms with Crippen LogP contribution in [-0.2, 0) is 0 Å². The van der Waals surface area contributed by atoms with Gasteiger partial charge in [0.15, 0.2) is 17.3 Å². The van der Waals surface area contributed by atoms with Crippen LogP contribution in [0.2, 0.25) is 5.02 Å². The second-order valence-corrected chi connectivity index (χ2v) is 6.40. The third-order valence-electron chi connectivity index (χ3n) is 4.20. The van der Waals surface area contributed by atoms with Crippen LogP contribution in [0.15, 0.2) is 40.8 Å². The van der Waals surface area contributed by atoms with Gasteiger partial charge in [0.05, 0.1) is 0 Å². The molecule has 1 aromatic heterocycles. The number of hydrogen-bond acceptors (Lipinski definition) is 5. The molecule has 138 valence electrons. The summed E-state index contributed by atoms with van der Waals surface area (Å²) >= 11 is 5.98. The highest BCUT2D eigenvalue weighted by Crippen LogP contribution is 2.31. The standard InChI is InChI=1S/C19H15ClN2O5/c1-10-13-9-12(20)3-5-14(13)27-17(10)19(24)22-21-18(23)11-2-4-15-16(8-11)26-7-6-25-15/h2-5,8-9H,6-7H2,1H3,(H,21,23)(H,22,24). The number of carbonyl (C=O) groups excluding carboxylic acids is 2. The Hall–Kier alpha value is -3.19. The molecular weight excluding hydrogens is 372 g/mol. The number of amides is 2. The van der Waals surface area contributed by atoms with Gasteiger partial charge in [-0.3, -0.25) is 20.4 Å². The molecule has 0 aliphatic carbocycles. The van der Waals surface area contributed by atoms with Gasteiger partial charge in [-0.2, -0.15) is 0 Å². The summed E-state index contributed by atoms with van der Waals surface area (Å²) in [5, 5.41) is 1.29. The van der Waals surface area contributed by atoms with E-state index in [1.54, 1.807) is 43.3 Å². The van der Waals surface area contributed by atoms with E-state index in [4.69, 9.17) is 25.5 Å². The average Bonchev–Trinajstić information content (AvgIpc) is 3.01. The molecule has 1 aliphatic rings. The first kappa shape index (κ1) is 17.2. The number of furan rings is 1. The van der Waals surface area contributed by atoms with E-state index in [2.05, 4.69) is 10.9 Å². The van der Waals surface area contributed by atoms with E-state index in [-0.39, 0.29) is 5.76 Å². The molecule has 0 atom stereocenters. The molecule has 0 saturated heterocycles. The smallest absolute Gasteiger partial charge is 0.305 e. The summed E-state index contributed by atoms with van der Waals surface area (Å²) in [5.41, 5.74) is 6.23. The third-order valence-corrected chi connectivity index (χ3v) is 4.43. The molecule has 3 aromatic rings. The zero-order chi connectivity index (χ0) is 19.0. The van der Waals surface area contributed by atoms with Gasteiger partial charge in [0.1, 0.15) is 18.8 Å². The van der Waals surface area contributed by atoms with Crippen LogP contribution >= 0.6 is 11.6 Å². The number of fused-ring (bicyclic) bond motifs is 2. The van der Waals surface area contributed by atoms with Crippen LogP contribution in [0.5, 0.6) is 11.5 Å². The molecule has 4 rings (SSSR count). The second-order valence-electron chi connectivity index (χ2n) is 5.96. The van der Waals surface area contributed by atoms with Crippen LogP contribution in [0.3, 0.4) is 0 Å². The SMILES string of the molecule is Cc1c(C(=O)NNC(=O)c2ccc3c(c2)OCCO3)oc2ccc(Cl)cc12. The minimum Gasteiger partial charge on any atom is -0.486 e. The topological polar surface area (TPSA) is 89.8 Å². The summed E-state index contributed by atoms with van der Waals surface area (Å²) in [7, 11) is 0. The molecule has 2 N–H and O–H groups in total.